The fourth-order valence-corrected chi connectivity index (χ4v) is 2.19. The number of hydrogen-bond acceptors (Lipinski definition) is 3. The molecule has 0 unspecified atom stereocenters. The standard InChI is InChI=1S/C13H8N2S.C2H6/c14-8-12(9-15)10-3-5-11(6-4-10)13-2-1-7-16-13;1-2/h1-7,12H;1-2H3. The zero-order valence-corrected chi connectivity index (χ0v) is 11.2. The van der Waals surface area contributed by atoms with E-state index in [0.29, 0.717) is 0 Å². The Hall–Kier alpha value is -2.10. The van der Waals surface area contributed by atoms with Crippen LogP contribution in [0, 0.1) is 22.7 Å². The summed E-state index contributed by atoms with van der Waals surface area (Å²) in [5, 5.41) is 19.5. The molecule has 90 valence electrons. The van der Waals surface area contributed by atoms with Gasteiger partial charge in [-0.15, -0.1) is 11.3 Å². The van der Waals surface area contributed by atoms with E-state index in [1.165, 1.54) is 4.88 Å². The third kappa shape index (κ3) is 3.20. The Morgan fingerprint density at radius 2 is 1.61 bits per heavy atom. The van der Waals surface area contributed by atoms with Gasteiger partial charge in [-0.2, -0.15) is 10.5 Å². The molecule has 2 aromatic rings. The van der Waals surface area contributed by atoms with Crippen LogP contribution in [0.1, 0.15) is 25.3 Å². The van der Waals surface area contributed by atoms with Gasteiger partial charge in [0.2, 0.25) is 0 Å². The molecule has 0 bridgehead atoms. The van der Waals surface area contributed by atoms with Gasteiger partial charge < -0.3 is 0 Å². The summed E-state index contributed by atoms with van der Waals surface area (Å²) >= 11 is 1.67. The van der Waals surface area contributed by atoms with Crippen LogP contribution in [0.4, 0.5) is 0 Å². The lowest BCUT2D eigenvalue weighted by atomic mass is 10.0. The third-order valence-electron chi connectivity index (χ3n) is 2.31. The van der Waals surface area contributed by atoms with Gasteiger partial charge >= 0.3 is 0 Å². The number of rotatable bonds is 2. The average Bonchev–Trinajstić information content (AvgIpc) is 2.97. The molecule has 2 nitrogen and oxygen atoms in total. The molecule has 0 aliphatic rings. The van der Waals surface area contributed by atoms with Crippen molar-refractivity contribution in [1.82, 2.24) is 0 Å². The molecule has 3 heteroatoms. The van der Waals surface area contributed by atoms with E-state index >= 15 is 0 Å². The fourth-order valence-electron chi connectivity index (χ4n) is 1.46. The second kappa shape index (κ2) is 7.27. The zero-order chi connectivity index (χ0) is 13.4. The highest BCUT2D eigenvalue weighted by molar-refractivity contribution is 7.13. The predicted molar refractivity (Wildman–Crippen MR) is 75.1 cm³/mol. The smallest absolute Gasteiger partial charge is 0.158 e. The maximum atomic E-state index is 8.76. The molecular weight excluding hydrogens is 240 g/mol. The van der Waals surface area contributed by atoms with Crippen molar-refractivity contribution in [2.24, 2.45) is 0 Å². The van der Waals surface area contributed by atoms with Gasteiger partial charge in [-0.25, -0.2) is 0 Å². The van der Waals surface area contributed by atoms with Crippen LogP contribution in [-0.4, -0.2) is 0 Å². The Labute approximate surface area is 112 Å². The normalized spacial score (nSPS) is 8.94. The topological polar surface area (TPSA) is 47.6 Å². The second-order valence-electron chi connectivity index (χ2n) is 3.29. The molecular formula is C15H14N2S. The van der Waals surface area contributed by atoms with Crippen LogP contribution in [0.3, 0.4) is 0 Å². The number of benzene rings is 1. The largest absolute Gasteiger partial charge is 0.196 e. The van der Waals surface area contributed by atoms with Crippen LogP contribution in [-0.2, 0) is 0 Å². The monoisotopic (exact) mass is 254 g/mol. The predicted octanol–water partition coefficient (Wildman–Crippen LogP) is 4.57. The second-order valence-corrected chi connectivity index (χ2v) is 4.24. The van der Waals surface area contributed by atoms with Crippen molar-refractivity contribution >= 4 is 11.3 Å². The lowest BCUT2D eigenvalue weighted by molar-refractivity contribution is 1.10. The molecule has 1 aromatic heterocycles. The number of nitrogens with zero attached hydrogens (tertiary/aromatic N) is 2. The minimum Gasteiger partial charge on any atom is -0.196 e. The number of thiophene rings is 1. The molecule has 0 saturated carbocycles. The van der Waals surface area contributed by atoms with Crippen LogP contribution in [0.2, 0.25) is 0 Å². The van der Waals surface area contributed by atoms with E-state index in [1.807, 2.05) is 67.8 Å². The van der Waals surface area contributed by atoms with Gasteiger partial charge in [0, 0.05) is 4.88 Å². The molecule has 1 aromatic carbocycles. The summed E-state index contributed by atoms with van der Waals surface area (Å²) in [4.78, 5) is 1.19. The lowest BCUT2D eigenvalue weighted by Crippen LogP contribution is -1.90. The van der Waals surface area contributed by atoms with Crippen LogP contribution in [0.5, 0.6) is 0 Å². The van der Waals surface area contributed by atoms with Crippen molar-refractivity contribution in [3.05, 3.63) is 47.3 Å². The summed E-state index contributed by atoms with van der Waals surface area (Å²) in [7, 11) is 0. The molecule has 0 N–H and O–H groups in total. The molecule has 0 saturated heterocycles. The average molecular weight is 254 g/mol. The van der Waals surface area contributed by atoms with E-state index in [0.717, 1.165) is 11.1 Å². The molecule has 0 fully saturated rings. The Balaban J connectivity index is 0.000000771. The van der Waals surface area contributed by atoms with Gasteiger partial charge in [0.05, 0.1) is 12.1 Å². The van der Waals surface area contributed by atoms with Gasteiger partial charge in [0.25, 0.3) is 0 Å². The highest BCUT2D eigenvalue weighted by Gasteiger charge is 2.08. The van der Waals surface area contributed by atoms with Gasteiger partial charge in [0.1, 0.15) is 0 Å². The Morgan fingerprint density at radius 1 is 1.00 bits per heavy atom. The summed E-state index contributed by atoms with van der Waals surface area (Å²) in [5.74, 6) is -0.669. The van der Waals surface area contributed by atoms with E-state index in [9.17, 15) is 0 Å². The Bertz CT molecular complexity index is 528. The molecule has 18 heavy (non-hydrogen) atoms. The summed E-state index contributed by atoms with van der Waals surface area (Å²) in [6.45, 7) is 4.00. The molecule has 0 aliphatic heterocycles. The molecule has 0 radical (unpaired) electrons. The van der Waals surface area contributed by atoms with Crippen molar-refractivity contribution in [3.63, 3.8) is 0 Å². The first-order valence-corrected chi connectivity index (χ1v) is 6.66. The van der Waals surface area contributed by atoms with Gasteiger partial charge in [-0.1, -0.05) is 44.2 Å². The van der Waals surface area contributed by atoms with Gasteiger partial charge in [0.15, 0.2) is 5.92 Å². The summed E-state index contributed by atoms with van der Waals surface area (Å²) < 4.78 is 0. The minimum atomic E-state index is -0.669. The van der Waals surface area contributed by atoms with Crippen molar-refractivity contribution < 1.29 is 0 Å². The highest BCUT2D eigenvalue weighted by Crippen LogP contribution is 2.26. The zero-order valence-electron chi connectivity index (χ0n) is 10.4. The van der Waals surface area contributed by atoms with Crippen LogP contribution in [0.15, 0.2) is 41.8 Å². The molecule has 0 amide bonds. The first kappa shape index (κ1) is 14.0. The molecule has 0 spiro atoms. The van der Waals surface area contributed by atoms with Gasteiger partial charge in [-0.3, -0.25) is 0 Å². The van der Waals surface area contributed by atoms with Crippen molar-refractivity contribution in [1.29, 1.82) is 10.5 Å². The fraction of sp³-hybridized carbons (Fsp3) is 0.200. The highest BCUT2D eigenvalue weighted by atomic mass is 32.1. The molecule has 0 atom stereocenters. The summed E-state index contributed by atoms with van der Waals surface area (Å²) in [6.07, 6.45) is 0. The van der Waals surface area contributed by atoms with Crippen LogP contribution < -0.4 is 0 Å². The van der Waals surface area contributed by atoms with Gasteiger partial charge in [-0.05, 0) is 22.6 Å². The van der Waals surface area contributed by atoms with Crippen molar-refractivity contribution in [3.8, 4) is 22.6 Å². The minimum absolute atomic E-state index is 0.669. The molecule has 1 heterocycles. The summed E-state index contributed by atoms with van der Waals surface area (Å²) in [6, 6.07) is 15.5. The first-order valence-electron chi connectivity index (χ1n) is 5.78. The first-order chi connectivity index (χ1) is 8.85. The SMILES string of the molecule is CC.N#CC(C#N)c1ccc(-c2cccs2)cc1. The van der Waals surface area contributed by atoms with E-state index in [2.05, 4.69) is 0 Å². The molecule has 0 aliphatic carbocycles. The maximum absolute atomic E-state index is 8.76. The Kier molecular flexibility index (Phi) is 5.64. The number of nitriles is 2. The van der Waals surface area contributed by atoms with E-state index in [1.54, 1.807) is 11.3 Å². The Morgan fingerprint density at radius 3 is 2.06 bits per heavy atom. The molecule has 2 rings (SSSR count). The van der Waals surface area contributed by atoms with E-state index < -0.39 is 5.92 Å². The third-order valence-corrected chi connectivity index (χ3v) is 3.23. The van der Waals surface area contributed by atoms with Crippen LogP contribution in [0.25, 0.3) is 10.4 Å². The van der Waals surface area contributed by atoms with Crippen molar-refractivity contribution in [2.75, 3.05) is 0 Å². The van der Waals surface area contributed by atoms with Crippen molar-refractivity contribution in [2.45, 2.75) is 19.8 Å². The maximum Gasteiger partial charge on any atom is 0.158 e. The van der Waals surface area contributed by atoms with E-state index in [-0.39, 0.29) is 0 Å². The summed E-state index contributed by atoms with van der Waals surface area (Å²) in [5.41, 5.74) is 1.87. The number of hydrogen-bond donors (Lipinski definition) is 0. The van der Waals surface area contributed by atoms with E-state index in [4.69, 9.17) is 10.5 Å². The quantitative estimate of drug-likeness (QED) is 0.788. The van der Waals surface area contributed by atoms with Crippen LogP contribution >= 0.6 is 11.3 Å². The lowest BCUT2D eigenvalue weighted by Gasteiger charge is -2.02.